The largest absolute Gasteiger partial charge is 0.493 e. The zero-order valence-corrected chi connectivity index (χ0v) is 9.68. The monoisotopic (exact) mass is 218 g/mol. The molecule has 2 N–H and O–H groups in total. The molecular formula is C13H18N2O. The van der Waals surface area contributed by atoms with E-state index in [2.05, 4.69) is 35.8 Å². The summed E-state index contributed by atoms with van der Waals surface area (Å²) in [6.07, 6.45) is 1.05. The summed E-state index contributed by atoms with van der Waals surface area (Å²) in [6, 6.07) is 6.59. The first kappa shape index (κ1) is 10.1. The van der Waals surface area contributed by atoms with Gasteiger partial charge in [0.05, 0.1) is 12.1 Å². The summed E-state index contributed by atoms with van der Waals surface area (Å²) in [5.74, 6) is 1.07. The van der Waals surface area contributed by atoms with Gasteiger partial charge in [-0.25, -0.2) is 0 Å². The van der Waals surface area contributed by atoms with Crippen LogP contribution in [0.25, 0.3) is 0 Å². The lowest BCUT2D eigenvalue weighted by Gasteiger charge is -2.36. The predicted octanol–water partition coefficient (Wildman–Crippen LogP) is 1.03. The molecule has 2 aliphatic heterocycles. The topological polar surface area (TPSA) is 33.3 Å². The Morgan fingerprint density at radius 2 is 2.25 bits per heavy atom. The molecule has 0 amide bonds. The molecule has 0 saturated carbocycles. The molecule has 1 fully saturated rings. The molecule has 1 atom stereocenters. The van der Waals surface area contributed by atoms with E-state index in [0.29, 0.717) is 0 Å². The summed E-state index contributed by atoms with van der Waals surface area (Å²) in [4.78, 5) is 0. The standard InChI is InChI=1S/C13H18N2O/c1-13(9-14-5-6-15-13)11-2-3-12-10(8-11)4-7-16-12/h2-3,8,14-15H,4-7,9H2,1H3. The Bertz CT molecular complexity index is 397. The minimum atomic E-state index is 0.0653. The SMILES string of the molecule is CC1(c2ccc3c(c2)CCO3)CNCCN1. The first-order valence-corrected chi connectivity index (χ1v) is 6.00. The van der Waals surface area contributed by atoms with Crippen molar-refractivity contribution in [3.05, 3.63) is 29.3 Å². The van der Waals surface area contributed by atoms with Crippen LogP contribution >= 0.6 is 0 Å². The van der Waals surface area contributed by atoms with Gasteiger partial charge in [0.15, 0.2) is 0 Å². The molecule has 1 unspecified atom stereocenters. The predicted molar refractivity (Wildman–Crippen MR) is 63.9 cm³/mol. The van der Waals surface area contributed by atoms with E-state index in [1.165, 1.54) is 11.1 Å². The van der Waals surface area contributed by atoms with Crippen molar-refractivity contribution in [1.82, 2.24) is 10.6 Å². The number of fused-ring (bicyclic) bond motifs is 1. The highest BCUT2D eigenvalue weighted by atomic mass is 16.5. The maximum absolute atomic E-state index is 5.54. The third-order valence-corrected chi connectivity index (χ3v) is 3.62. The van der Waals surface area contributed by atoms with Gasteiger partial charge in [0, 0.05) is 26.1 Å². The van der Waals surface area contributed by atoms with Gasteiger partial charge in [-0.1, -0.05) is 12.1 Å². The molecule has 1 aromatic rings. The Morgan fingerprint density at radius 3 is 3.06 bits per heavy atom. The molecule has 0 spiro atoms. The Kier molecular flexibility index (Phi) is 2.37. The van der Waals surface area contributed by atoms with E-state index in [9.17, 15) is 0 Å². The zero-order chi connectivity index (χ0) is 11.0. The Morgan fingerprint density at radius 1 is 1.31 bits per heavy atom. The van der Waals surface area contributed by atoms with Crippen molar-refractivity contribution in [2.24, 2.45) is 0 Å². The fourth-order valence-corrected chi connectivity index (χ4v) is 2.56. The maximum Gasteiger partial charge on any atom is 0.122 e. The second kappa shape index (κ2) is 3.75. The van der Waals surface area contributed by atoms with Crippen LogP contribution in [0.4, 0.5) is 0 Å². The van der Waals surface area contributed by atoms with Crippen molar-refractivity contribution in [1.29, 1.82) is 0 Å². The van der Waals surface area contributed by atoms with E-state index < -0.39 is 0 Å². The zero-order valence-electron chi connectivity index (χ0n) is 9.68. The number of benzene rings is 1. The van der Waals surface area contributed by atoms with Crippen molar-refractivity contribution in [3.63, 3.8) is 0 Å². The lowest BCUT2D eigenvalue weighted by molar-refractivity contribution is 0.302. The molecule has 0 radical (unpaired) electrons. The van der Waals surface area contributed by atoms with E-state index in [1.807, 2.05) is 0 Å². The molecule has 1 saturated heterocycles. The van der Waals surface area contributed by atoms with Crippen molar-refractivity contribution in [3.8, 4) is 5.75 Å². The van der Waals surface area contributed by atoms with Gasteiger partial charge in [0.2, 0.25) is 0 Å². The average molecular weight is 218 g/mol. The third-order valence-electron chi connectivity index (χ3n) is 3.62. The highest BCUT2D eigenvalue weighted by Crippen LogP contribution is 2.30. The van der Waals surface area contributed by atoms with Crippen LogP contribution in [0.3, 0.4) is 0 Å². The van der Waals surface area contributed by atoms with Crippen LogP contribution < -0.4 is 15.4 Å². The van der Waals surface area contributed by atoms with Gasteiger partial charge in [0.1, 0.15) is 5.75 Å². The minimum absolute atomic E-state index is 0.0653. The van der Waals surface area contributed by atoms with Gasteiger partial charge in [-0.05, 0) is 24.1 Å². The molecule has 2 heterocycles. The second-order valence-electron chi connectivity index (χ2n) is 4.86. The molecule has 0 aromatic heterocycles. The molecule has 86 valence electrons. The molecule has 3 nitrogen and oxygen atoms in total. The van der Waals surface area contributed by atoms with Crippen LogP contribution in [-0.2, 0) is 12.0 Å². The number of rotatable bonds is 1. The van der Waals surface area contributed by atoms with Gasteiger partial charge in [0.25, 0.3) is 0 Å². The van der Waals surface area contributed by atoms with Gasteiger partial charge < -0.3 is 15.4 Å². The van der Waals surface area contributed by atoms with Crippen LogP contribution in [-0.4, -0.2) is 26.2 Å². The van der Waals surface area contributed by atoms with Gasteiger partial charge in [-0.15, -0.1) is 0 Å². The summed E-state index contributed by atoms with van der Waals surface area (Å²) >= 11 is 0. The van der Waals surface area contributed by atoms with Crippen molar-refractivity contribution in [2.75, 3.05) is 26.2 Å². The Hall–Kier alpha value is -1.06. The molecule has 3 rings (SSSR count). The molecule has 16 heavy (non-hydrogen) atoms. The molecule has 0 bridgehead atoms. The Labute approximate surface area is 96.2 Å². The van der Waals surface area contributed by atoms with Crippen LogP contribution in [0, 0.1) is 0 Å². The summed E-state index contributed by atoms with van der Waals surface area (Å²) in [5, 5.41) is 7.05. The number of hydrogen-bond acceptors (Lipinski definition) is 3. The lowest BCUT2D eigenvalue weighted by Crippen LogP contribution is -2.54. The fourth-order valence-electron chi connectivity index (χ4n) is 2.56. The van der Waals surface area contributed by atoms with E-state index in [-0.39, 0.29) is 5.54 Å². The summed E-state index contributed by atoms with van der Waals surface area (Å²) in [7, 11) is 0. The first-order valence-electron chi connectivity index (χ1n) is 6.00. The average Bonchev–Trinajstić information content (AvgIpc) is 2.77. The number of nitrogens with one attached hydrogen (secondary N) is 2. The molecule has 3 heteroatoms. The highest BCUT2D eigenvalue weighted by Gasteiger charge is 2.29. The summed E-state index contributed by atoms with van der Waals surface area (Å²) in [5.41, 5.74) is 2.78. The van der Waals surface area contributed by atoms with E-state index in [4.69, 9.17) is 4.74 Å². The highest BCUT2D eigenvalue weighted by molar-refractivity contribution is 5.42. The number of ether oxygens (including phenoxy) is 1. The summed E-state index contributed by atoms with van der Waals surface area (Å²) < 4.78 is 5.54. The van der Waals surface area contributed by atoms with Crippen LogP contribution in [0.5, 0.6) is 5.75 Å². The van der Waals surface area contributed by atoms with E-state index in [1.54, 1.807) is 0 Å². The van der Waals surface area contributed by atoms with Crippen LogP contribution in [0.1, 0.15) is 18.1 Å². The molecule has 1 aromatic carbocycles. The number of piperazine rings is 1. The quantitative estimate of drug-likeness (QED) is 0.738. The maximum atomic E-state index is 5.54. The second-order valence-corrected chi connectivity index (χ2v) is 4.86. The van der Waals surface area contributed by atoms with Crippen LogP contribution in [0.2, 0.25) is 0 Å². The van der Waals surface area contributed by atoms with E-state index >= 15 is 0 Å². The normalized spacial score (nSPS) is 28.6. The lowest BCUT2D eigenvalue weighted by atomic mass is 9.89. The first-order chi connectivity index (χ1) is 7.78. The summed E-state index contributed by atoms with van der Waals surface area (Å²) in [6.45, 7) is 6.18. The Balaban J connectivity index is 1.93. The van der Waals surface area contributed by atoms with Crippen molar-refractivity contribution in [2.45, 2.75) is 18.9 Å². The van der Waals surface area contributed by atoms with Gasteiger partial charge >= 0.3 is 0 Å². The smallest absolute Gasteiger partial charge is 0.122 e. The molecule has 2 aliphatic rings. The van der Waals surface area contributed by atoms with Crippen molar-refractivity contribution < 1.29 is 4.74 Å². The van der Waals surface area contributed by atoms with Gasteiger partial charge in [-0.3, -0.25) is 0 Å². The van der Waals surface area contributed by atoms with Crippen LogP contribution in [0.15, 0.2) is 18.2 Å². The minimum Gasteiger partial charge on any atom is -0.493 e. The number of hydrogen-bond donors (Lipinski definition) is 2. The third kappa shape index (κ3) is 1.60. The molecular weight excluding hydrogens is 200 g/mol. The van der Waals surface area contributed by atoms with E-state index in [0.717, 1.165) is 38.4 Å². The van der Waals surface area contributed by atoms with Crippen molar-refractivity contribution >= 4 is 0 Å². The molecule has 0 aliphatic carbocycles. The fraction of sp³-hybridized carbons (Fsp3) is 0.538. The van der Waals surface area contributed by atoms with Gasteiger partial charge in [-0.2, -0.15) is 0 Å².